The number of nitrogens with one attached hydrogen (secondary N) is 1. The van der Waals surface area contributed by atoms with Crippen LogP contribution in [0.1, 0.15) is 27.3 Å². The van der Waals surface area contributed by atoms with E-state index in [4.69, 9.17) is 0 Å². The summed E-state index contributed by atoms with van der Waals surface area (Å²) in [6, 6.07) is 27.2. The molecule has 0 saturated heterocycles. The molecule has 1 N–H and O–H groups in total. The number of benzene rings is 2. The number of carbonyl (C=O) groups is 2. The van der Waals surface area contributed by atoms with Crippen LogP contribution >= 0.6 is 0 Å². The molecule has 1 amide bonds. The Bertz CT molecular complexity index is 1690. The Morgan fingerprint density at radius 3 is 2.22 bits per heavy atom. The van der Waals surface area contributed by atoms with Crippen molar-refractivity contribution in [3.8, 4) is 11.1 Å². The number of pyridine rings is 2. The lowest BCUT2D eigenvalue weighted by atomic mass is 9.99. The average molecular weight is 546 g/mol. The lowest BCUT2D eigenvalue weighted by molar-refractivity contribution is -0.112. The first-order valence-electron chi connectivity index (χ1n) is 13.7. The molecule has 0 saturated carbocycles. The number of anilines is 3. The van der Waals surface area contributed by atoms with Crippen molar-refractivity contribution in [1.82, 2.24) is 9.38 Å². The Labute approximate surface area is 241 Å². The molecule has 0 bridgehead atoms. The number of aryl methyl sites for hydroxylation is 3. The van der Waals surface area contributed by atoms with Crippen LogP contribution in [0.25, 0.3) is 16.6 Å². The van der Waals surface area contributed by atoms with Crippen LogP contribution in [0.5, 0.6) is 0 Å². The van der Waals surface area contributed by atoms with Gasteiger partial charge in [0.05, 0.1) is 0 Å². The van der Waals surface area contributed by atoms with Crippen molar-refractivity contribution in [1.29, 1.82) is 0 Å². The topological polar surface area (TPSA) is 70.0 Å². The molecule has 208 valence electrons. The molecule has 0 aliphatic rings. The summed E-state index contributed by atoms with van der Waals surface area (Å²) < 4.78 is 1.81. The van der Waals surface area contributed by atoms with Crippen molar-refractivity contribution in [3.63, 3.8) is 0 Å². The summed E-state index contributed by atoms with van der Waals surface area (Å²) in [6.45, 7) is 7.66. The van der Waals surface area contributed by atoms with Crippen LogP contribution in [0.2, 0.25) is 0 Å². The van der Waals surface area contributed by atoms with Gasteiger partial charge in [-0.3, -0.25) is 9.59 Å². The molecule has 7 heteroatoms. The summed E-state index contributed by atoms with van der Waals surface area (Å²) >= 11 is 0. The van der Waals surface area contributed by atoms with E-state index in [0.29, 0.717) is 11.4 Å². The van der Waals surface area contributed by atoms with Crippen LogP contribution in [0.4, 0.5) is 17.2 Å². The highest BCUT2D eigenvalue weighted by Gasteiger charge is 2.27. The second kappa shape index (κ2) is 11.7. The molecule has 0 radical (unpaired) electrons. The number of ketones is 1. The Morgan fingerprint density at radius 1 is 0.829 bits per heavy atom. The quantitative estimate of drug-likeness (QED) is 0.173. The zero-order chi connectivity index (χ0) is 29.1. The van der Waals surface area contributed by atoms with Gasteiger partial charge >= 0.3 is 0 Å². The zero-order valence-electron chi connectivity index (χ0n) is 24.2. The highest BCUT2D eigenvalue weighted by Crippen LogP contribution is 2.33. The molecule has 0 spiro atoms. The Morgan fingerprint density at radius 2 is 1.51 bits per heavy atom. The first kappa shape index (κ1) is 27.6. The van der Waals surface area contributed by atoms with Gasteiger partial charge in [-0.1, -0.05) is 36.4 Å². The summed E-state index contributed by atoms with van der Waals surface area (Å²) in [5.74, 6) is -0.295. The van der Waals surface area contributed by atoms with Gasteiger partial charge in [-0.25, -0.2) is 4.98 Å². The van der Waals surface area contributed by atoms with E-state index in [1.165, 1.54) is 5.56 Å². The lowest BCUT2D eigenvalue weighted by Crippen LogP contribution is -2.31. The normalized spacial score (nSPS) is 11.0. The molecule has 7 nitrogen and oxygen atoms in total. The Kier molecular flexibility index (Phi) is 7.88. The third-order valence-electron chi connectivity index (χ3n) is 7.39. The predicted octanol–water partition coefficient (Wildman–Crippen LogP) is 6.32. The molecule has 0 fully saturated rings. The molecule has 41 heavy (non-hydrogen) atoms. The fraction of sp³-hybridized carbons (Fsp3) is 0.206. The van der Waals surface area contributed by atoms with Gasteiger partial charge in [0.15, 0.2) is 0 Å². The Balaban J connectivity index is 1.29. The fourth-order valence-corrected chi connectivity index (χ4v) is 5.20. The van der Waals surface area contributed by atoms with Gasteiger partial charge in [-0.2, -0.15) is 0 Å². The maximum atomic E-state index is 13.6. The van der Waals surface area contributed by atoms with E-state index in [-0.39, 0.29) is 0 Å². The maximum absolute atomic E-state index is 13.6. The second-order valence-corrected chi connectivity index (χ2v) is 10.5. The van der Waals surface area contributed by atoms with Gasteiger partial charge in [0.25, 0.3) is 11.7 Å². The van der Waals surface area contributed by atoms with Crippen molar-refractivity contribution >= 4 is 34.4 Å². The molecule has 2 aromatic carbocycles. The van der Waals surface area contributed by atoms with Crippen LogP contribution in [-0.2, 0) is 4.79 Å². The van der Waals surface area contributed by atoms with Crippen LogP contribution < -0.4 is 15.1 Å². The number of carbonyl (C=O) groups excluding carboxylic acids is 2. The third-order valence-corrected chi connectivity index (χ3v) is 7.39. The molecule has 3 aromatic heterocycles. The van der Waals surface area contributed by atoms with E-state index in [1.807, 2.05) is 111 Å². The minimum absolute atomic E-state index is 0.362. The van der Waals surface area contributed by atoms with E-state index < -0.39 is 11.7 Å². The van der Waals surface area contributed by atoms with Crippen LogP contribution in [-0.4, -0.2) is 48.3 Å². The minimum Gasteiger partial charge on any atom is -0.373 e. The molecule has 5 aromatic rings. The average Bonchev–Trinajstić information content (AvgIpc) is 3.27. The number of hydrogen-bond donors (Lipinski definition) is 1. The summed E-state index contributed by atoms with van der Waals surface area (Å²) in [5.41, 5.74) is 7.67. The number of Topliss-reactive ketones (excluding diaryl/α,β-unsaturated/α-hetero) is 1. The van der Waals surface area contributed by atoms with Gasteiger partial charge in [0, 0.05) is 61.5 Å². The van der Waals surface area contributed by atoms with Crippen molar-refractivity contribution < 1.29 is 9.59 Å². The van der Waals surface area contributed by atoms with Gasteiger partial charge in [0.1, 0.15) is 11.5 Å². The van der Waals surface area contributed by atoms with Gasteiger partial charge < -0.3 is 19.5 Å². The molecule has 0 aliphatic carbocycles. The van der Waals surface area contributed by atoms with Gasteiger partial charge in [-0.05, 0) is 86.0 Å². The van der Waals surface area contributed by atoms with E-state index in [9.17, 15) is 9.59 Å². The van der Waals surface area contributed by atoms with Crippen molar-refractivity contribution in [2.24, 2.45) is 0 Å². The van der Waals surface area contributed by atoms with Crippen LogP contribution in [0.15, 0.2) is 91.1 Å². The molecule has 3 heterocycles. The maximum Gasteiger partial charge on any atom is 0.298 e. The van der Waals surface area contributed by atoms with E-state index >= 15 is 0 Å². The number of fused-ring (bicyclic) bond motifs is 1. The molecule has 0 aliphatic heterocycles. The van der Waals surface area contributed by atoms with Crippen LogP contribution in [0.3, 0.4) is 0 Å². The van der Waals surface area contributed by atoms with Crippen molar-refractivity contribution in [3.05, 3.63) is 114 Å². The standard InChI is InChI=1S/C34H35N5O2/c1-23-21-24(2)35-30(22-23)38(5)20-19-37(4)28-16-14-27(15-17-28)36-34(41)33(40)32-31(26-11-7-6-8-12-26)25(3)29-13-9-10-18-39(29)32/h6-18,21-22H,19-20H2,1-5H3,(H,36,41). The number of hydrogen-bond acceptors (Lipinski definition) is 5. The molecule has 0 atom stereocenters. The summed E-state index contributed by atoms with van der Waals surface area (Å²) in [6.07, 6.45) is 1.83. The largest absolute Gasteiger partial charge is 0.373 e. The highest BCUT2D eigenvalue weighted by atomic mass is 16.2. The predicted molar refractivity (Wildman–Crippen MR) is 167 cm³/mol. The SMILES string of the molecule is Cc1cc(C)nc(N(C)CCN(C)c2ccc(NC(=O)C(=O)c3c(-c4ccccc4)c(C)c4ccccn34)cc2)c1. The molecule has 5 rings (SSSR count). The smallest absolute Gasteiger partial charge is 0.298 e. The van der Waals surface area contributed by atoms with Crippen molar-refractivity contribution in [2.45, 2.75) is 20.8 Å². The zero-order valence-corrected chi connectivity index (χ0v) is 24.2. The third kappa shape index (κ3) is 5.84. The lowest BCUT2D eigenvalue weighted by Gasteiger charge is -2.25. The highest BCUT2D eigenvalue weighted by molar-refractivity contribution is 6.47. The fourth-order valence-electron chi connectivity index (χ4n) is 5.20. The van der Waals surface area contributed by atoms with Crippen molar-refractivity contribution in [2.75, 3.05) is 42.3 Å². The first-order chi connectivity index (χ1) is 19.7. The monoisotopic (exact) mass is 545 g/mol. The number of nitrogens with zero attached hydrogens (tertiary/aromatic N) is 4. The van der Waals surface area contributed by atoms with Gasteiger partial charge in [-0.15, -0.1) is 0 Å². The number of amides is 1. The second-order valence-electron chi connectivity index (χ2n) is 10.5. The van der Waals surface area contributed by atoms with E-state index in [0.717, 1.165) is 52.5 Å². The van der Waals surface area contributed by atoms with Crippen LogP contribution in [0, 0.1) is 20.8 Å². The number of aromatic nitrogens is 2. The number of likely N-dealkylation sites (N-methyl/N-ethyl adjacent to an activating group) is 2. The first-order valence-corrected chi connectivity index (χ1v) is 13.7. The minimum atomic E-state index is -0.672. The van der Waals surface area contributed by atoms with Gasteiger partial charge in [0.2, 0.25) is 0 Å². The molecular formula is C34H35N5O2. The van der Waals surface area contributed by atoms with E-state index in [1.54, 1.807) is 0 Å². The Hall–Kier alpha value is -4.91. The molecular weight excluding hydrogens is 510 g/mol. The summed E-state index contributed by atoms with van der Waals surface area (Å²) in [4.78, 5) is 35.8. The number of rotatable bonds is 9. The summed E-state index contributed by atoms with van der Waals surface area (Å²) in [5, 5.41) is 2.80. The molecule has 0 unspecified atom stereocenters. The summed E-state index contributed by atoms with van der Waals surface area (Å²) in [7, 11) is 4.08. The van der Waals surface area contributed by atoms with E-state index in [2.05, 4.69) is 39.2 Å².